The molecule has 150 valence electrons. The number of benzene rings is 2. The third-order valence-electron chi connectivity index (χ3n) is 5.60. The number of hydrogen-bond acceptors (Lipinski definition) is 4. The normalized spacial score (nSPS) is 17.3. The molecule has 1 aliphatic heterocycles. The highest BCUT2D eigenvalue weighted by Crippen LogP contribution is 2.30. The molecule has 1 N–H and O–H groups in total. The van der Waals surface area contributed by atoms with Gasteiger partial charge in [-0.2, -0.15) is 0 Å². The van der Waals surface area contributed by atoms with Gasteiger partial charge in [0.05, 0.1) is 24.4 Å². The molecular weight excluding hydrogens is 362 g/mol. The molecule has 4 rings (SSSR count). The number of fused-ring (bicyclic) bond motifs is 1. The van der Waals surface area contributed by atoms with Crippen molar-refractivity contribution in [2.24, 2.45) is 0 Å². The smallest absolute Gasteiger partial charge is 0.237 e. The Morgan fingerprint density at radius 2 is 2.07 bits per heavy atom. The van der Waals surface area contributed by atoms with E-state index in [1.165, 1.54) is 5.56 Å². The molecule has 3 aromatic rings. The molecule has 2 aromatic carbocycles. The van der Waals surface area contributed by atoms with Gasteiger partial charge >= 0.3 is 0 Å². The number of ether oxygens (including phenoxy) is 1. The summed E-state index contributed by atoms with van der Waals surface area (Å²) in [6, 6.07) is 16.5. The monoisotopic (exact) mass is 389 g/mol. The van der Waals surface area contributed by atoms with E-state index < -0.39 is 0 Å². The van der Waals surface area contributed by atoms with Crippen molar-refractivity contribution in [3.05, 3.63) is 59.7 Å². The van der Waals surface area contributed by atoms with Crippen LogP contribution in [0.2, 0.25) is 0 Å². The highest BCUT2D eigenvalue weighted by atomic mass is 16.5. The van der Waals surface area contributed by atoms with Crippen molar-refractivity contribution < 1.29 is 9.53 Å². The number of nitrogens with zero attached hydrogens (tertiary/aromatic N) is 2. The molecule has 1 aromatic heterocycles. The molecule has 0 aliphatic carbocycles. The second kappa shape index (κ2) is 8.21. The Morgan fingerprint density at radius 1 is 1.21 bits per heavy atom. The van der Waals surface area contributed by atoms with Crippen LogP contribution >= 0.6 is 0 Å². The van der Waals surface area contributed by atoms with Crippen LogP contribution in [0.25, 0.3) is 22.2 Å². The van der Waals surface area contributed by atoms with Gasteiger partial charge in [-0.15, -0.1) is 0 Å². The van der Waals surface area contributed by atoms with Crippen molar-refractivity contribution in [3.63, 3.8) is 0 Å². The number of aryl methyl sites for hydroxylation is 1. The van der Waals surface area contributed by atoms with Crippen LogP contribution < -0.4 is 10.1 Å². The fourth-order valence-electron chi connectivity index (χ4n) is 4.09. The molecule has 0 radical (unpaired) electrons. The lowest BCUT2D eigenvalue weighted by Gasteiger charge is -2.34. The third-order valence-corrected chi connectivity index (χ3v) is 5.60. The Labute approximate surface area is 171 Å². The Hall–Kier alpha value is -2.92. The Balaban J connectivity index is 1.82. The van der Waals surface area contributed by atoms with Crippen LogP contribution in [0.3, 0.4) is 0 Å². The number of carbonyl (C=O) groups excluding carboxylic acids is 1. The quantitative estimate of drug-likeness (QED) is 0.718. The number of carbonyl (C=O) groups is 1. The van der Waals surface area contributed by atoms with Gasteiger partial charge in [-0.25, -0.2) is 4.98 Å². The van der Waals surface area contributed by atoms with E-state index in [9.17, 15) is 4.79 Å². The molecule has 1 unspecified atom stereocenters. The van der Waals surface area contributed by atoms with Crippen LogP contribution in [-0.4, -0.2) is 42.0 Å². The molecule has 5 heteroatoms. The second-order valence-corrected chi connectivity index (χ2v) is 7.61. The molecule has 1 saturated heterocycles. The Kier molecular flexibility index (Phi) is 5.49. The first-order valence-electron chi connectivity index (χ1n) is 10.2. The summed E-state index contributed by atoms with van der Waals surface area (Å²) in [6.45, 7) is 6.39. The Bertz CT molecular complexity index is 1050. The summed E-state index contributed by atoms with van der Waals surface area (Å²) in [5.41, 5.74) is 5.31. The molecule has 1 atom stereocenters. The van der Waals surface area contributed by atoms with Crippen molar-refractivity contribution >= 4 is 16.8 Å². The number of pyridine rings is 1. The van der Waals surface area contributed by atoms with Crippen LogP contribution in [0, 0.1) is 6.92 Å². The van der Waals surface area contributed by atoms with E-state index in [0.29, 0.717) is 13.1 Å². The number of amides is 1. The van der Waals surface area contributed by atoms with Gasteiger partial charge in [0.2, 0.25) is 5.91 Å². The lowest BCUT2D eigenvalue weighted by Crippen LogP contribution is -2.54. The van der Waals surface area contributed by atoms with Gasteiger partial charge in [-0.05, 0) is 43.2 Å². The number of rotatable bonds is 5. The first-order valence-corrected chi connectivity index (χ1v) is 10.2. The van der Waals surface area contributed by atoms with Gasteiger partial charge in [0.25, 0.3) is 0 Å². The molecule has 0 saturated carbocycles. The number of piperazine rings is 1. The van der Waals surface area contributed by atoms with Crippen molar-refractivity contribution in [1.29, 1.82) is 0 Å². The molecule has 1 aliphatic rings. The van der Waals surface area contributed by atoms with Gasteiger partial charge in [0, 0.05) is 36.7 Å². The van der Waals surface area contributed by atoms with E-state index in [-0.39, 0.29) is 11.9 Å². The van der Waals surface area contributed by atoms with Gasteiger partial charge < -0.3 is 10.1 Å². The summed E-state index contributed by atoms with van der Waals surface area (Å²) < 4.78 is 5.39. The topological polar surface area (TPSA) is 54.5 Å². The summed E-state index contributed by atoms with van der Waals surface area (Å²) >= 11 is 0. The maximum atomic E-state index is 12.3. The SMILES string of the molecule is CCC1C(=O)NCCN1Cc1cc2ccc(OC)cc2nc1-c1cccc(C)c1. The third kappa shape index (κ3) is 3.96. The zero-order valence-electron chi connectivity index (χ0n) is 17.2. The average Bonchev–Trinajstić information content (AvgIpc) is 2.73. The van der Waals surface area contributed by atoms with Crippen molar-refractivity contribution in [2.75, 3.05) is 20.2 Å². The van der Waals surface area contributed by atoms with Crippen LogP contribution in [0.1, 0.15) is 24.5 Å². The molecule has 1 amide bonds. The van der Waals surface area contributed by atoms with Crippen molar-refractivity contribution in [3.8, 4) is 17.0 Å². The molecular formula is C24H27N3O2. The van der Waals surface area contributed by atoms with E-state index in [2.05, 4.69) is 54.4 Å². The van der Waals surface area contributed by atoms with E-state index in [1.807, 2.05) is 18.2 Å². The molecule has 0 spiro atoms. The minimum absolute atomic E-state index is 0.0966. The van der Waals surface area contributed by atoms with Crippen molar-refractivity contribution in [2.45, 2.75) is 32.9 Å². The summed E-state index contributed by atoms with van der Waals surface area (Å²) in [4.78, 5) is 19.6. The summed E-state index contributed by atoms with van der Waals surface area (Å²) in [5, 5.41) is 4.06. The van der Waals surface area contributed by atoms with Gasteiger partial charge in [0.1, 0.15) is 5.75 Å². The minimum atomic E-state index is -0.0966. The molecule has 0 bridgehead atoms. The van der Waals surface area contributed by atoms with E-state index >= 15 is 0 Å². The molecule has 5 nitrogen and oxygen atoms in total. The predicted octanol–water partition coefficient (Wildman–Crippen LogP) is 3.93. The zero-order valence-corrected chi connectivity index (χ0v) is 17.2. The van der Waals surface area contributed by atoms with Gasteiger partial charge in [-0.3, -0.25) is 9.69 Å². The number of aromatic nitrogens is 1. The lowest BCUT2D eigenvalue weighted by molar-refractivity contribution is -0.129. The van der Waals surface area contributed by atoms with Crippen LogP contribution in [-0.2, 0) is 11.3 Å². The summed E-state index contributed by atoms with van der Waals surface area (Å²) in [5.74, 6) is 0.918. The van der Waals surface area contributed by atoms with Crippen LogP contribution in [0.5, 0.6) is 5.75 Å². The minimum Gasteiger partial charge on any atom is -0.497 e. The largest absolute Gasteiger partial charge is 0.497 e. The Morgan fingerprint density at radius 3 is 2.83 bits per heavy atom. The second-order valence-electron chi connectivity index (χ2n) is 7.61. The molecule has 2 heterocycles. The highest BCUT2D eigenvalue weighted by molar-refractivity contribution is 5.85. The maximum absolute atomic E-state index is 12.3. The van der Waals surface area contributed by atoms with E-state index in [1.54, 1.807) is 7.11 Å². The lowest BCUT2D eigenvalue weighted by atomic mass is 10.00. The van der Waals surface area contributed by atoms with Crippen LogP contribution in [0.15, 0.2) is 48.5 Å². The number of nitrogens with one attached hydrogen (secondary N) is 1. The van der Waals surface area contributed by atoms with E-state index in [4.69, 9.17) is 9.72 Å². The fraction of sp³-hybridized carbons (Fsp3) is 0.333. The van der Waals surface area contributed by atoms with Crippen molar-refractivity contribution in [1.82, 2.24) is 15.2 Å². The number of methoxy groups -OCH3 is 1. The first kappa shape index (κ1) is 19.4. The first-order chi connectivity index (χ1) is 14.1. The molecule has 1 fully saturated rings. The van der Waals surface area contributed by atoms with Gasteiger partial charge in [-0.1, -0.05) is 30.7 Å². The fourth-order valence-corrected chi connectivity index (χ4v) is 4.09. The van der Waals surface area contributed by atoms with Gasteiger partial charge in [0.15, 0.2) is 0 Å². The van der Waals surface area contributed by atoms with Crippen LogP contribution in [0.4, 0.5) is 0 Å². The highest BCUT2D eigenvalue weighted by Gasteiger charge is 2.28. The van der Waals surface area contributed by atoms with E-state index in [0.717, 1.165) is 46.4 Å². The maximum Gasteiger partial charge on any atom is 0.237 e. The summed E-state index contributed by atoms with van der Waals surface area (Å²) in [6.07, 6.45) is 0.795. The number of hydrogen-bond donors (Lipinski definition) is 1. The zero-order chi connectivity index (χ0) is 20.4. The predicted molar refractivity (Wildman–Crippen MR) is 116 cm³/mol. The standard InChI is InChI=1S/C24H27N3O2/c1-4-22-24(28)25-10-11-27(22)15-19-13-17-8-9-20(29-3)14-21(17)26-23(19)18-7-5-6-16(2)12-18/h5-9,12-14,22H,4,10-11,15H2,1-3H3,(H,25,28). The molecule has 29 heavy (non-hydrogen) atoms. The average molecular weight is 389 g/mol. The summed E-state index contributed by atoms with van der Waals surface area (Å²) in [7, 11) is 1.67.